The van der Waals surface area contributed by atoms with Crippen molar-refractivity contribution in [3.8, 4) is 5.75 Å². The van der Waals surface area contributed by atoms with Crippen LogP contribution in [0.5, 0.6) is 5.75 Å². The van der Waals surface area contributed by atoms with Gasteiger partial charge in [0.2, 0.25) is 15.9 Å². The maximum atomic E-state index is 12.6. The van der Waals surface area contributed by atoms with Gasteiger partial charge in [0, 0.05) is 31.3 Å². The zero-order valence-electron chi connectivity index (χ0n) is 16.7. The number of rotatable bonds is 7. The summed E-state index contributed by atoms with van der Waals surface area (Å²) in [7, 11) is -2.20. The van der Waals surface area contributed by atoms with Gasteiger partial charge in [-0.05, 0) is 29.8 Å². The monoisotopic (exact) mass is 447 g/mol. The van der Waals surface area contributed by atoms with Crippen LogP contribution in [0.25, 0.3) is 6.08 Å². The largest absolute Gasteiger partial charge is 0.495 e. The van der Waals surface area contributed by atoms with Crippen molar-refractivity contribution in [1.29, 1.82) is 0 Å². The van der Waals surface area contributed by atoms with E-state index in [2.05, 4.69) is 5.32 Å². The Morgan fingerprint density at radius 3 is 2.48 bits per heavy atom. The van der Waals surface area contributed by atoms with Crippen LogP contribution in [0.3, 0.4) is 0 Å². The third-order valence-corrected chi connectivity index (χ3v) is 6.48. The molecule has 2 aromatic rings. The zero-order chi connectivity index (χ0) is 22.4. The van der Waals surface area contributed by atoms with E-state index in [1.54, 1.807) is 12.1 Å². The molecule has 3 rings (SSSR count). The number of hydrogen-bond donors (Lipinski definition) is 1. The molecular formula is C20H21N3O7S. The molecule has 0 spiro atoms. The Morgan fingerprint density at radius 2 is 1.87 bits per heavy atom. The van der Waals surface area contributed by atoms with Crippen molar-refractivity contribution >= 4 is 33.4 Å². The van der Waals surface area contributed by atoms with Gasteiger partial charge in [0.1, 0.15) is 5.75 Å². The van der Waals surface area contributed by atoms with Crippen LogP contribution in [0.2, 0.25) is 0 Å². The van der Waals surface area contributed by atoms with Crippen molar-refractivity contribution in [3.05, 3.63) is 64.2 Å². The number of nitrogens with one attached hydrogen (secondary N) is 1. The first-order valence-electron chi connectivity index (χ1n) is 9.31. The third kappa shape index (κ3) is 5.45. The number of nitro benzene ring substituents is 1. The van der Waals surface area contributed by atoms with E-state index in [1.807, 2.05) is 0 Å². The van der Waals surface area contributed by atoms with E-state index >= 15 is 0 Å². The molecule has 1 heterocycles. The number of ether oxygens (including phenoxy) is 2. The Hall–Kier alpha value is -3.28. The number of non-ortho nitro benzene ring substituents is 1. The lowest BCUT2D eigenvalue weighted by Crippen LogP contribution is -2.40. The number of anilines is 1. The lowest BCUT2D eigenvalue weighted by atomic mass is 10.2. The number of sulfonamides is 1. The fourth-order valence-electron chi connectivity index (χ4n) is 2.94. The number of nitrogens with zero attached hydrogens (tertiary/aromatic N) is 2. The number of morpholine rings is 1. The van der Waals surface area contributed by atoms with Gasteiger partial charge in [-0.15, -0.1) is 0 Å². The number of nitro groups is 1. The average molecular weight is 447 g/mol. The van der Waals surface area contributed by atoms with Crippen molar-refractivity contribution in [1.82, 2.24) is 4.31 Å². The van der Waals surface area contributed by atoms with Gasteiger partial charge in [-0.1, -0.05) is 12.1 Å². The highest BCUT2D eigenvalue weighted by molar-refractivity contribution is 7.89. The highest BCUT2D eigenvalue weighted by atomic mass is 32.2. The first-order valence-corrected chi connectivity index (χ1v) is 10.7. The van der Waals surface area contributed by atoms with Crippen LogP contribution in [0, 0.1) is 10.1 Å². The van der Waals surface area contributed by atoms with Gasteiger partial charge in [0.15, 0.2) is 0 Å². The van der Waals surface area contributed by atoms with E-state index < -0.39 is 20.9 Å². The van der Waals surface area contributed by atoms with Crippen molar-refractivity contribution in [2.45, 2.75) is 4.90 Å². The Morgan fingerprint density at radius 1 is 1.19 bits per heavy atom. The third-order valence-electron chi connectivity index (χ3n) is 4.57. The molecule has 1 saturated heterocycles. The summed E-state index contributed by atoms with van der Waals surface area (Å²) in [5.74, 6) is -0.242. The summed E-state index contributed by atoms with van der Waals surface area (Å²) in [6, 6.07) is 10.0. The minimum Gasteiger partial charge on any atom is -0.495 e. The van der Waals surface area contributed by atoms with Crippen LogP contribution in [-0.2, 0) is 19.6 Å². The van der Waals surface area contributed by atoms with E-state index in [0.29, 0.717) is 31.9 Å². The molecule has 1 N–H and O–H groups in total. The van der Waals surface area contributed by atoms with Crippen LogP contribution in [0.4, 0.5) is 11.4 Å². The Balaban J connectivity index is 1.69. The highest BCUT2D eigenvalue weighted by Crippen LogP contribution is 2.28. The Bertz CT molecular complexity index is 1090. The Kier molecular flexibility index (Phi) is 7.00. The Labute approximate surface area is 179 Å². The smallest absolute Gasteiger partial charge is 0.271 e. The van der Waals surface area contributed by atoms with E-state index in [9.17, 15) is 23.3 Å². The van der Waals surface area contributed by atoms with E-state index in [4.69, 9.17) is 9.47 Å². The van der Waals surface area contributed by atoms with Crippen molar-refractivity contribution in [2.75, 3.05) is 38.7 Å². The summed E-state index contributed by atoms with van der Waals surface area (Å²) >= 11 is 0. The molecule has 11 heteroatoms. The second-order valence-electron chi connectivity index (χ2n) is 6.55. The predicted molar refractivity (Wildman–Crippen MR) is 113 cm³/mol. The summed E-state index contributed by atoms with van der Waals surface area (Å²) in [5, 5.41) is 13.5. The molecule has 0 atom stereocenters. The molecule has 0 bridgehead atoms. The molecule has 1 fully saturated rings. The van der Waals surface area contributed by atoms with Crippen LogP contribution in [-0.4, -0.2) is 57.0 Å². The highest BCUT2D eigenvalue weighted by Gasteiger charge is 2.25. The number of carbonyl (C=O) groups is 1. The molecule has 1 aliphatic rings. The number of amides is 1. The first-order chi connectivity index (χ1) is 14.8. The molecule has 10 nitrogen and oxygen atoms in total. The number of hydrogen-bond acceptors (Lipinski definition) is 7. The van der Waals surface area contributed by atoms with E-state index in [-0.39, 0.29) is 22.0 Å². The molecule has 0 aliphatic carbocycles. The molecule has 0 unspecified atom stereocenters. The molecule has 0 aromatic heterocycles. The average Bonchev–Trinajstić information content (AvgIpc) is 2.78. The van der Waals surface area contributed by atoms with Gasteiger partial charge in [-0.3, -0.25) is 14.9 Å². The van der Waals surface area contributed by atoms with Crippen LogP contribution < -0.4 is 10.1 Å². The summed E-state index contributed by atoms with van der Waals surface area (Å²) in [6.45, 7) is 1.35. The second kappa shape index (κ2) is 9.69. The van der Waals surface area contributed by atoms with Crippen LogP contribution in [0.15, 0.2) is 53.4 Å². The predicted octanol–water partition coefficient (Wildman–Crippen LogP) is 2.28. The minimum atomic E-state index is -3.59. The molecule has 0 saturated carbocycles. The normalized spacial score (nSPS) is 15.0. The number of carbonyl (C=O) groups excluding carboxylic acids is 1. The van der Waals surface area contributed by atoms with Crippen molar-refractivity contribution < 1.29 is 27.6 Å². The SMILES string of the molecule is COc1ccc([N+](=O)[O-])cc1NC(=O)/C=C/c1ccc(S(=O)(=O)N2CCOCC2)cc1. The van der Waals surface area contributed by atoms with E-state index in [1.165, 1.54) is 53.9 Å². The number of benzene rings is 2. The fraction of sp³-hybridized carbons (Fsp3) is 0.250. The number of methoxy groups -OCH3 is 1. The summed E-state index contributed by atoms with van der Waals surface area (Å²) in [6.07, 6.45) is 2.74. The molecule has 1 aliphatic heterocycles. The maximum absolute atomic E-state index is 12.6. The van der Waals surface area contributed by atoms with Gasteiger partial charge in [-0.25, -0.2) is 8.42 Å². The molecular weight excluding hydrogens is 426 g/mol. The topological polar surface area (TPSA) is 128 Å². The molecule has 164 valence electrons. The summed E-state index contributed by atoms with van der Waals surface area (Å²) in [5.41, 5.74) is 0.595. The maximum Gasteiger partial charge on any atom is 0.271 e. The summed E-state index contributed by atoms with van der Waals surface area (Å²) < 4.78 is 36.9. The van der Waals surface area contributed by atoms with Crippen molar-refractivity contribution in [3.63, 3.8) is 0 Å². The standard InChI is InChI=1S/C20H21N3O7S/c1-29-19-8-5-16(23(25)26)14-18(19)21-20(24)9-4-15-2-6-17(7-3-15)31(27,28)22-10-12-30-13-11-22/h2-9,14H,10-13H2,1H3,(H,21,24)/b9-4+. The minimum absolute atomic E-state index is 0.164. The van der Waals surface area contributed by atoms with Gasteiger partial charge in [0.05, 0.1) is 35.8 Å². The fourth-order valence-corrected chi connectivity index (χ4v) is 4.35. The molecule has 0 radical (unpaired) electrons. The van der Waals surface area contributed by atoms with Gasteiger partial charge in [-0.2, -0.15) is 4.31 Å². The van der Waals surface area contributed by atoms with Crippen LogP contribution >= 0.6 is 0 Å². The second-order valence-corrected chi connectivity index (χ2v) is 8.49. The van der Waals surface area contributed by atoms with Crippen molar-refractivity contribution in [2.24, 2.45) is 0 Å². The van der Waals surface area contributed by atoms with Gasteiger partial charge >= 0.3 is 0 Å². The van der Waals surface area contributed by atoms with Gasteiger partial charge in [0.25, 0.3) is 5.69 Å². The molecule has 1 amide bonds. The lowest BCUT2D eigenvalue weighted by Gasteiger charge is -2.26. The van der Waals surface area contributed by atoms with Crippen LogP contribution in [0.1, 0.15) is 5.56 Å². The molecule has 31 heavy (non-hydrogen) atoms. The molecule has 2 aromatic carbocycles. The zero-order valence-corrected chi connectivity index (χ0v) is 17.5. The lowest BCUT2D eigenvalue weighted by molar-refractivity contribution is -0.384. The van der Waals surface area contributed by atoms with Gasteiger partial charge < -0.3 is 14.8 Å². The van der Waals surface area contributed by atoms with E-state index in [0.717, 1.165) is 0 Å². The first kappa shape index (κ1) is 22.4. The quantitative estimate of drug-likeness (QED) is 0.392. The summed E-state index contributed by atoms with van der Waals surface area (Å²) in [4.78, 5) is 22.8.